The van der Waals surface area contributed by atoms with Gasteiger partial charge in [-0.1, -0.05) is 0 Å². The van der Waals surface area contributed by atoms with Crippen molar-refractivity contribution in [1.29, 1.82) is 5.26 Å². The average Bonchev–Trinajstić information content (AvgIpc) is 2.55. The monoisotopic (exact) mass is 288 g/mol. The minimum atomic E-state index is -0.0356. The Morgan fingerprint density at radius 2 is 1.95 bits per heavy atom. The molecular formula is C15H20N4O2. The number of amides is 2. The summed E-state index contributed by atoms with van der Waals surface area (Å²) in [5.41, 5.74) is 1.75. The van der Waals surface area contributed by atoms with Gasteiger partial charge in [-0.2, -0.15) is 5.26 Å². The van der Waals surface area contributed by atoms with E-state index in [1.165, 1.54) is 0 Å². The van der Waals surface area contributed by atoms with Crippen molar-refractivity contribution in [2.24, 2.45) is 0 Å². The zero-order valence-electron chi connectivity index (χ0n) is 12.2. The van der Waals surface area contributed by atoms with Crippen LogP contribution in [0.4, 0.5) is 10.5 Å². The number of piperazine rings is 1. The van der Waals surface area contributed by atoms with E-state index in [-0.39, 0.29) is 6.03 Å². The molecule has 0 bridgehead atoms. The first-order valence-electron chi connectivity index (χ1n) is 7.01. The Morgan fingerprint density at radius 1 is 1.29 bits per heavy atom. The summed E-state index contributed by atoms with van der Waals surface area (Å²) in [6.45, 7) is 4.03. The Balaban J connectivity index is 1.82. The number of nitriles is 1. The van der Waals surface area contributed by atoms with Gasteiger partial charge in [0.2, 0.25) is 0 Å². The number of benzene rings is 1. The topological polar surface area (TPSA) is 68.6 Å². The SMILES string of the molecule is COCCNC(=O)N1CCN(c2ccc(C#N)cc2)CC1. The minimum absolute atomic E-state index is 0.0356. The number of carbonyl (C=O) groups excluding carboxylic acids is 1. The standard InChI is InChI=1S/C15H20N4O2/c1-21-11-6-17-15(20)19-9-7-18(8-10-19)14-4-2-13(12-16)3-5-14/h2-5H,6-11H2,1H3,(H,17,20). The van der Waals surface area contributed by atoms with Crippen molar-refractivity contribution >= 4 is 11.7 Å². The quantitative estimate of drug-likeness (QED) is 0.840. The number of nitrogens with one attached hydrogen (secondary N) is 1. The van der Waals surface area contributed by atoms with Gasteiger partial charge in [-0.05, 0) is 24.3 Å². The third-order valence-corrected chi connectivity index (χ3v) is 3.51. The predicted octanol–water partition coefficient (Wildman–Crippen LogP) is 1.04. The van der Waals surface area contributed by atoms with E-state index in [1.807, 2.05) is 29.2 Å². The molecule has 1 saturated heterocycles. The van der Waals surface area contributed by atoms with Crippen molar-refractivity contribution in [1.82, 2.24) is 10.2 Å². The van der Waals surface area contributed by atoms with Crippen LogP contribution in [-0.2, 0) is 4.74 Å². The van der Waals surface area contributed by atoms with E-state index >= 15 is 0 Å². The summed E-state index contributed by atoms with van der Waals surface area (Å²) < 4.78 is 4.91. The molecular weight excluding hydrogens is 268 g/mol. The third-order valence-electron chi connectivity index (χ3n) is 3.51. The Hall–Kier alpha value is -2.26. The zero-order valence-corrected chi connectivity index (χ0v) is 12.2. The lowest BCUT2D eigenvalue weighted by molar-refractivity contribution is 0.177. The second kappa shape index (κ2) is 7.50. The van der Waals surface area contributed by atoms with Crippen LogP contribution in [0.5, 0.6) is 0 Å². The van der Waals surface area contributed by atoms with Crippen molar-refractivity contribution in [2.75, 3.05) is 51.3 Å². The van der Waals surface area contributed by atoms with Crippen LogP contribution in [0.15, 0.2) is 24.3 Å². The van der Waals surface area contributed by atoms with Gasteiger partial charge in [0, 0.05) is 45.5 Å². The van der Waals surface area contributed by atoms with Crippen LogP contribution in [0.3, 0.4) is 0 Å². The van der Waals surface area contributed by atoms with E-state index in [9.17, 15) is 4.79 Å². The highest BCUT2D eigenvalue weighted by Crippen LogP contribution is 2.17. The Morgan fingerprint density at radius 3 is 2.52 bits per heavy atom. The normalized spacial score (nSPS) is 14.7. The molecule has 21 heavy (non-hydrogen) atoms. The number of rotatable bonds is 4. The summed E-state index contributed by atoms with van der Waals surface area (Å²) in [6, 6.07) is 9.62. The van der Waals surface area contributed by atoms with Gasteiger partial charge in [0.1, 0.15) is 0 Å². The average molecular weight is 288 g/mol. The fourth-order valence-electron chi connectivity index (χ4n) is 2.29. The summed E-state index contributed by atoms with van der Waals surface area (Å²) in [7, 11) is 1.61. The molecule has 0 spiro atoms. The molecule has 112 valence electrons. The molecule has 6 nitrogen and oxygen atoms in total. The molecule has 6 heteroatoms. The second-order valence-corrected chi connectivity index (χ2v) is 4.86. The minimum Gasteiger partial charge on any atom is -0.383 e. The molecule has 0 atom stereocenters. The molecule has 1 heterocycles. The second-order valence-electron chi connectivity index (χ2n) is 4.86. The summed E-state index contributed by atoms with van der Waals surface area (Å²) in [5.74, 6) is 0. The molecule has 1 N–H and O–H groups in total. The molecule has 1 aromatic carbocycles. The van der Waals surface area contributed by atoms with Crippen LogP contribution < -0.4 is 10.2 Å². The van der Waals surface area contributed by atoms with Gasteiger partial charge in [-0.15, -0.1) is 0 Å². The smallest absolute Gasteiger partial charge is 0.317 e. The number of nitrogens with zero attached hydrogens (tertiary/aromatic N) is 3. The van der Waals surface area contributed by atoms with E-state index in [1.54, 1.807) is 7.11 Å². The fourth-order valence-corrected chi connectivity index (χ4v) is 2.29. The molecule has 2 amide bonds. The maximum absolute atomic E-state index is 11.9. The lowest BCUT2D eigenvalue weighted by Gasteiger charge is -2.36. The van der Waals surface area contributed by atoms with Gasteiger partial charge < -0.3 is 19.9 Å². The number of hydrogen-bond acceptors (Lipinski definition) is 4. The molecule has 0 unspecified atom stereocenters. The van der Waals surface area contributed by atoms with Crippen molar-refractivity contribution < 1.29 is 9.53 Å². The van der Waals surface area contributed by atoms with E-state index < -0.39 is 0 Å². The molecule has 0 aromatic heterocycles. The number of hydrogen-bond donors (Lipinski definition) is 1. The van der Waals surface area contributed by atoms with Crippen molar-refractivity contribution in [3.63, 3.8) is 0 Å². The molecule has 1 fully saturated rings. The molecule has 1 aliphatic heterocycles. The largest absolute Gasteiger partial charge is 0.383 e. The fraction of sp³-hybridized carbons (Fsp3) is 0.467. The van der Waals surface area contributed by atoms with E-state index in [0.29, 0.717) is 31.8 Å². The first-order chi connectivity index (χ1) is 10.2. The van der Waals surface area contributed by atoms with Crippen LogP contribution in [0, 0.1) is 11.3 Å². The number of ether oxygens (including phenoxy) is 1. The Bertz CT molecular complexity index is 501. The van der Waals surface area contributed by atoms with Gasteiger partial charge in [-0.3, -0.25) is 0 Å². The summed E-state index contributed by atoms with van der Waals surface area (Å²) >= 11 is 0. The lowest BCUT2D eigenvalue weighted by Crippen LogP contribution is -2.52. The van der Waals surface area contributed by atoms with Crippen molar-refractivity contribution in [3.05, 3.63) is 29.8 Å². The van der Waals surface area contributed by atoms with E-state index in [0.717, 1.165) is 18.8 Å². The van der Waals surface area contributed by atoms with Crippen LogP contribution in [-0.4, -0.2) is 57.4 Å². The maximum atomic E-state index is 11.9. The van der Waals surface area contributed by atoms with Crippen LogP contribution in [0.1, 0.15) is 5.56 Å². The highest BCUT2D eigenvalue weighted by Gasteiger charge is 2.20. The van der Waals surface area contributed by atoms with Crippen LogP contribution in [0.25, 0.3) is 0 Å². The van der Waals surface area contributed by atoms with Crippen LogP contribution >= 0.6 is 0 Å². The van der Waals surface area contributed by atoms with Gasteiger partial charge >= 0.3 is 6.03 Å². The van der Waals surface area contributed by atoms with Gasteiger partial charge in [-0.25, -0.2) is 4.79 Å². The summed E-state index contributed by atoms with van der Waals surface area (Å²) in [4.78, 5) is 15.9. The molecule has 0 saturated carbocycles. The van der Waals surface area contributed by atoms with Gasteiger partial charge in [0.15, 0.2) is 0 Å². The zero-order chi connectivity index (χ0) is 15.1. The number of urea groups is 1. The summed E-state index contributed by atoms with van der Waals surface area (Å²) in [6.07, 6.45) is 0. The first kappa shape index (κ1) is 15.1. The number of methoxy groups -OCH3 is 1. The highest BCUT2D eigenvalue weighted by atomic mass is 16.5. The molecule has 0 aliphatic carbocycles. The molecule has 2 rings (SSSR count). The van der Waals surface area contributed by atoms with E-state index in [4.69, 9.17) is 10.00 Å². The molecule has 0 radical (unpaired) electrons. The molecule has 1 aromatic rings. The predicted molar refractivity (Wildman–Crippen MR) is 80.2 cm³/mol. The van der Waals surface area contributed by atoms with Gasteiger partial charge in [0.25, 0.3) is 0 Å². The Kier molecular flexibility index (Phi) is 5.41. The van der Waals surface area contributed by atoms with Crippen molar-refractivity contribution in [3.8, 4) is 6.07 Å². The van der Waals surface area contributed by atoms with Crippen LogP contribution in [0.2, 0.25) is 0 Å². The van der Waals surface area contributed by atoms with Gasteiger partial charge in [0.05, 0.1) is 18.2 Å². The number of anilines is 1. The Labute approximate surface area is 124 Å². The summed E-state index contributed by atoms with van der Waals surface area (Å²) in [5, 5.41) is 11.6. The highest BCUT2D eigenvalue weighted by molar-refractivity contribution is 5.74. The number of carbonyl (C=O) groups is 1. The molecule has 1 aliphatic rings. The van der Waals surface area contributed by atoms with E-state index in [2.05, 4.69) is 16.3 Å². The first-order valence-corrected chi connectivity index (χ1v) is 7.01. The lowest BCUT2D eigenvalue weighted by atomic mass is 10.2. The van der Waals surface area contributed by atoms with Crippen molar-refractivity contribution in [2.45, 2.75) is 0 Å². The third kappa shape index (κ3) is 4.10. The maximum Gasteiger partial charge on any atom is 0.317 e.